The highest BCUT2D eigenvalue weighted by atomic mass is 79.9. The van der Waals surface area contributed by atoms with E-state index in [1.54, 1.807) is 16.5 Å². The van der Waals surface area contributed by atoms with Gasteiger partial charge in [0.1, 0.15) is 5.60 Å². The Kier molecular flexibility index (Phi) is 14.8. The largest absolute Gasteiger partial charge is 0.461 e. The fourth-order valence-corrected chi connectivity index (χ4v) is 6.64. The van der Waals surface area contributed by atoms with Crippen LogP contribution in [0.1, 0.15) is 91.0 Å². The molecule has 0 spiro atoms. The first kappa shape index (κ1) is 43.2. The zero-order chi connectivity index (χ0) is 40.5. The molecule has 4 aromatic rings. The molecule has 55 heavy (non-hydrogen) atoms. The van der Waals surface area contributed by atoms with Crippen LogP contribution in [0.2, 0.25) is 0 Å². The van der Waals surface area contributed by atoms with Crippen LogP contribution in [0.3, 0.4) is 0 Å². The standard InChI is InChI=1S/C20H24BrN3O4.C16H17BrN2O2.C2HF3O/c1-5-27-18(25)17-15-12-23(19(26)28-20(2,3)4)10-9-16(15)24(22-17)14-8-6-7-13(21)11-14;1-2-21-16(20)15-13-8-3-4-9-14(13)19(18-15)12-7-5-6-11(17)10-12;3-2(4,5)1-6/h6-8,11H,5,9-10,12H2,1-4H3;5-7,10H,2-4,8-9H2,1H3;1H. The Bertz CT molecular complexity index is 2010. The van der Waals surface area contributed by atoms with Gasteiger partial charge in [0.15, 0.2) is 11.4 Å². The molecule has 296 valence electrons. The second kappa shape index (κ2) is 18.9. The van der Waals surface area contributed by atoms with E-state index in [-0.39, 0.29) is 24.8 Å². The zero-order valence-corrected chi connectivity index (χ0v) is 34.2. The minimum Gasteiger partial charge on any atom is -0.461 e. The Morgan fingerprint density at radius 3 is 1.71 bits per heavy atom. The second-order valence-corrected chi connectivity index (χ2v) is 15.1. The first-order valence-electron chi connectivity index (χ1n) is 17.5. The number of hydrogen-bond acceptors (Lipinski definition) is 9. The molecule has 12 nitrogen and oxygen atoms in total. The number of carbonyl (C=O) groups excluding carboxylic acids is 4. The molecular weight excluding hydrogens is 855 g/mol. The molecule has 1 aliphatic carbocycles. The minimum absolute atomic E-state index is 0.241. The zero-order valence-electron chi connectivity index (χ0n) is 31.0. The number of esters is 2. The number of halogens is 5. The van der Waals surface area contributed by atoms with Crippen molar-refractivity contribution in [3.8, 4) is 11.4 Å². The molecule has 3 heterocycles. The average Bonchev–Trinajstić information content (AvgIpc) is 3.71. The highest BCUT2D eigenvalue weighted by Crippen LogP contribution is 2.30. The van der Waals surface area contributed by atoms with Gasteiger partial charge in [-0.3, -0.25) is 4.79 Å². The lowest BCUT2D eigenvalue weighted by atomic mass is 9.95. The van der Waals surface area contributed by atoms with Crippen molar-refractivity contribution in [3.05, 3.63) is 91.4 Å². The third-order valence-electron chi connectivity index (χ3n) is 8.07. The van der Waals surface area contributed by atoms with Crippen LogP contribution in [0.4, 0.5) is 18.0 Å². The van der Waals surface area contributed by atoms with E-state index in [0.717, 1.165) is 63.0 Å². The molecule has 2 aliphatic rings. The molecule has 0 atom stereocenters. The van der Waals surface area contributed by atoms with Gasteiger partial charge in [0.05, 0.1) is 36.8 Å². The highest BCUT2D eigenvalue weighted by Gasteiger charge is 2.33. The topological polar surface area (TPSA) is 135 Å². The summed E-state index contributed by atoms with van der Waals surface area (Å²) >= 11 is 6.95. The maximum atomic E-state index is 12.5. The molecule has 2 aromatic carbocycles. The number of benzene rings is 2. The summed E-state index contributed by atoms with van der Waals surface area (Å²) in [6, 6.07) is 15.7. The lowest BCUT2D eigenvalue weighted by Crippen LogP contribution is -2.40. The Labute approximate surface area is 333 Å². The van der Waals surface area contributed by atoms with Gasteiger partial charge < -0.3 is 19.1 Å². The number of aldehydes is 1. The molecule has 0 bridgehead atoms. The minimum atomic E-state index is -4.64. The van der Waals surface area contributed by atoms with E-state index in [1.165, 1.54) is 0 Å². The van der Waals surface area contributed by atoms with Crippen LogP contribution >= 0.6 is 31.9 Å². The van der Waals surface area contributed by atoms with Gasteiger partial charge in [-0.15, -0.1) is 0 Å². The third-order valence-corrected chi connectivity index (χ3v) is 9.05. The van der Waals surface area contributed by atoms with Gasteiger partial charge >= 0.3 is 24.2 Å². The second-order valence-electron chi connectivity index (χ2n) is 13.3. The molecular formula is C38H42Br2F3N5O7. The molecule has 0 saturated carbocycles. The van der Waals surface area contributed by atoms with Crippen LogP contribution in [-0.2, 0) is 44.8 Å². The van der Waals surface area contributed by atoms with Crippen LogP contribution in [-0.4, -0.2) is 80.3 Å². The van der Waals surface area contributed by atoms with E-state index in [4.69, 9.17) is 19.0 Å². The van der Waals surface area contributed by atoms with Gasteiger partial charge in [-0.1, -0.05) is 44.0 Å². The number of hydrogen-bond donors (Lipinski definition) is 0. The summed E-state index contributed by atoms with van der Waals surface area (Å²) in [6.45, 7) is 10.4. The van der Waals surface area contributed by atoms with Crippen LogP contribution in [0.15, 0.2) is 57.5 Å². The van der Waals surface area contributed by atoms with Crippen LogP contribution in [0.25, 0.3) is 11.4 Å². The quantitative estimate of drug-likeness (QED) is 0.106. The number of amides is 1. The Morgan fingerprint density at radius 2 is 1.25 bits per heavy atom. The number of aromatic nitrogens is 4. The van der Waals surface area contributed by atoms with Gasteiger partial charge in [0.25, 0.3) is 0 Å². The van der Waals surface area contributed by atoms with Crippen molar-refractivity contribution in [1.29, 1.82) is 0 Å². The molecule has 1 amide bonds. The maximum absolute atomic E-state index is 12.5. The Balaban J connectivity index is 0.000000219. The number of fused-ring (bicyclic) bond motifs is 2. The van der Waals surface area contributed by atoms with E-state index in [0.29, 0.717) is 30.8 Å². The van der Waals surface area contributed by atoms with Crippen molar-refractivity contribution >= 4 is 56.2 Å². The normalized spacial score (nSPS) is 13.5. The van der Waals surface area contributed by atoms with E-state index >= 15 is 0 Å². The summed E-state index contributed by atoms with van der Waals surface area (Å²) in [5, 5.41) is 9.08. The Morgan fingerprint density at radius 1 is 0.782 bits per heavy atom. The van der Waals surface area contributed by atoms with Gasteiger partial charge in [-0.25, -0.2) is 23.7 Å². The first-order chi connectivity index (χ1) is 26.0. The van der Waals surface area contributed by atoms with Crippen LogP contribution in [0, 0.1) is 0 Å². The molecule has 0 fully saturated rings. The highest BCUT2D eigenvalue weighted by molar-refractivity contribution is 9.10. The summed E-state index contributed by atoms with van der Waals surface area (Å²) in [4.78, 5) is 47.4. The monoisotopic (exact) mass is 895 g/mol. The van der Waals surface area contributed by atoms with Crippen molar-refractivity contribution in [2.24, 2.45) is 0 Å². The number of nitrogens with zero attached hydrogens (tertiary/aromatic N) is 5. The Hall–Kier alpha value is -4.51. The predicted octanol–water partition coefficient (Wildman–Crippen LogP) is 8.54. The number of rotatable bonds is 6. The molecule has 1 aliphatic heterocycles. The van der Waals surface area contributed by atoms with E-state index in [1.807, 2.05) is 80.9 Å². The van der Waals surface area contributed by atoms with Crippen molar-refractivity contribution in [2.75, 3.05) is 19.8 Å². The molecule has 17 heteroatoms. The molecule has 0 unspecified atom stereocenters. The van der Waals surface area contributed by atoms with Gasteiger partial charge in [-0.2, -0.15) is 23.4 Å². The van der Waals surface area contributed by atoms with Crippen molar-refractivity contribution in [1.82, 2.24) is 24.5 Å². The van der Waals surface area contributed by atoms with Gasteiger partial charge in [0.2, 0.25) is 6.29 Å². The van der Waals surface area contributed by atoms with E-state index in [9.17, 15) is 27.6 Å². The van der Waals surface area contributed by atoms with Crippen LogP contribution < -0.4 is 0 Å². The number of ether oxygens (including phenoxy) is 3. The smallest absolute Gasteiger partial charge is 0.446 e. The maximum Gasteiger partial charge on any atom is 0.446 e. The van der Waals surface area contributed by atoms with Gasteiger partial charge in [0, 0.05) is 38.7 Å². The molecule has 6 rings (SSSR count). The lowest BCUT2D eigenvalue weighted by Gasteiger charge is -2.30. The lowest BCUT2D eigenvalue weighted by molar-refractivity contribution is -0.156. The van der Waals surface area contributed by atoms with Crippen molar-refractivity contribution < 1.29 is 46.6 Å². The van der Waals surface area contributed by atoms with E-state index in [2.05, 4.69) is 42.1 Å². The van der Waals surface area contributed by atoms with Crippen molar-refractivity contribution in [3.63, 3.8) is 0 Å². The summed E-state index contributed by atoms with van der Waals surface area (Å²) in [5.74, 6) is -0.803. The van der Waals surface area contributed by atoms with E-state index < -0.39 is 30.1 Å². The third kappa shape index (κ3) is 11.7. The number of carbonyl (C=O) groups is 4. The summed E-state index contributed by atoms with van der Waals surface area (Å²) in [6.07, 6.45) is -1.45. The number of alkyl halides is 3. The first-order valence-corrected chi connectivity index (χ1v) is 19.1. The molecule has 0 radical (unpaired) electrons. The van der Waals surface area contributed by atoms with Gasteiger partial charge in [-0.05, 0) is 96.7 Å². The molecule has 2 aromatic heterocycles. The fourth-order valence-electron chi connectivity index (χ4n) is 5.87. The fraction of sp³-hybridized carbons (Fsp3) is 0.421. The van der Waals surface area contributed by atoms with Crippen molar-refractivity contribution in [2.45, 2.75) is 85.0 Å². The SMILES string of the molecule is CCOC(=O)c1nn(-c2cccc(Br)c2)c2c1CCCC2.CCOC(=O)c1nn(-c2cccc(Br)c2)c2c1CN(C(=O)OC(C)(C)C)CC2.O=CC(F)(F)F. The average molecular weight is 898 g/mol. The summed E-state index contributed by atoms with van der Waals surface area (Å²) < 4.78 is 52.6. The van der Waals surface area contributed by atoms with Crippen LogP contribution in [0.5, 0.6) is 0 Å². The summed E-state index contributed by atoms with van der Waals surface area (Å²) in [7, 11) is 0. The summed E-state index contributed by atoms with van der Waals surface area (Å²) in [5.41, 5.74) is 5.75. The predicted molar refractivity (Wildman–Crippen MR) is 204 cm³/mol. The molecule has 0 N–H and O–H groups in total. The molecule has 0 saturated heterocycles.